The lowest BCUT2D eigenvalue weighted by molar-refractivity contribution is 0.0489. The van der Waals surface area contributed by atoms with E-state index in [1.807, 2.05) is 16.9 Å². The quantitative estimate of drug-likeness (QED) is 0.300. The first kappa shape index (κ1) is 27.1. The average Bonchev–Trinajstić information content (AvgIpc) is 3.70. The van der Waals surface area contributed by atoms with Gasteiger partial charge in [0.1, 0.15) is 12.4 Å². The molecule has 40 heavy (non-hydrogen) atoms. The molecule has 10 heteroatoms. The second-order valence-corrected chi connectivity index (χ2v) is 11.3. The molecule has 0 unspecified atom stereocenters. The van der Waals surface area contributed by atoms with Crippen molar-refractivity contribution in [1.82, 2.24) is 29.2 Å². The van der Waals surface area contributed by atoms with Gasteiger partial charge in [0.05, 0.1) is 30.4 Å². The molecule has 206 valence electrons. The molecule has 3 aromatic heterocycles. The molecule has 0 spiro atoms. The van der Waals surface area contributed by atoms with Crippen LogP contribution in [-0.4, -0.2) is 51.9 Å². The highest BCUT2D eigenvalue weighted by atomic mass is 16.4. The fourth-order valence-electron chi connectivity index (χ4n) is 5.87. The fraction of sp³-hybridized carbons (Fsp3) is 0.400. The number of benzene rings is 1. The van der Waals surface area contributed by atoms with E-state index in [4.69, 9.17) is 0 Å². The van der Waals surface area contributed by atoms with Crippen LogP contribution in [0.5, 0.6) is 0 Å². The Hall–Kier alpha value is -4.52. The van der Waals surface area contributed by atoms with Gasteiger partial charge >= 0.3 is 6.09 Å². The van der Waals surface area contributed by atoms with Crippen LogP contribution in [0.15, 0.2) is 61.3 Å². The Morgan fingerprint density at radius 2 is 1.88 bits per heavy atom. The van der Waals surface area contributed by atoms with Gasteiger partial charge in [-0.15, -0.1) is 0 Å². The van der Waals surface area contributed by atoms with Gasteiger partial charge in [0, 0.05) is 28.9 Å². The van der Waals surface area contributed by atoms with Gasteiger partial charge in [-0.05, 0) is 51.2 Å². The number of carbonyl (C=O) groups excluding carboxylic acids is 1. The summed E-state index contributed by atoms with van der Waals surface area (Å²) >= 11 is 0. The lowest BCUT2D eigenvalue weighted by Gasteiger charge is -2.39. The van der Waals surface area contributed by atoms with Gasteiger partial charge in [-0.2, -0.15) is 10.4 Å². The predicted molar refractivity (Wildman–Crippen MR) is 149 cm³/mol. The van der Waals surface area contributed by atoms with Gasteiger partial charge in [0.15, 0.2) is 5.65 Å². The number of amides is 1. The largest absolute Gasteiger partial charge is 0.465 e. The predicted octanol–water partition coefficient (Wildman–Crippen LogP) is 6.10. The molecular formula is C30H33N7O3. The summed E-state index contributed by atoms with van der Waals surface area (Å²) in [5, 5.41) is 24.9. The van der Waals surface area contributed by atoms with Crippen molar-refractivity contribution < 1.29 is 14.7 Å². The first-order valence-electron chi connectivity index (χ1n) is 13.6. The normalized spacial score (nSPS) is 15.6. The lowest BCUT2D eigenvalue weighted by atomic mass is 9.96. The highest BCUT2D eigenvalue weighted by Crippen LogP contribution is 2.37. The number of rotatable bonds is 7. The summed E-state index contributed by atoms with van der Waals surface area (Å²) in [7, 11) is 0. The van der Waals surface area contributed by atoms with Crippen molar-refractivity contribution in [1.29, 1.82) is 5.26 Å². The second-order valence-electron chi connectivity index (χ2n) is 11.3. The molecule has 1 saturated carbocycles. The van der Waals surface area contributed by atoms with Gasteiger partial charge in [-0.3, -0.25) is 18.9 Å². The number of hydrogen-bond donors (Lipinski definition) is 1. The smallest absolute Gasteiger partial charge is 0.408 e. The molecule has 1 aromatic carbocycles. The zero-order valence-electron chi connectivity index (χ0n) is 22.9. The van der Waals surface area contributed by atoms with Crippen molar-refractivity contribution in [2.24, 2.45) is 5.92 Å². The number of hydrogen-bond acceptors (Lipinski definition) is 6. The van der Waals surface area contributed by atoms with E-state index in [2.05, 4.69) is 21.1 Å². The van der Waals surface area contributed by atoms with Crippen molar-refractivity contribution >= 4 is 23.0 Å². The fourth-order valence-corrected chi connectivity index (χ4v) is 5.87. The SMILES string of the molecule is CC(C)(C)N(C(=O)O)[C@H](C(=O)n1ccc2c(-c3cnn([C@H](CC#N)C4CCCC4)c3)ncnc21)c1ccccc1. The van der Waals surface area contributed by atoms with Gasteiger partial charge in [0.25, 0.3) is 5.91 Å². The Morgan fingerprint density at radius 1 is 1.15 bits per heavy atom. The third-order valence-corrected chi connectivity index (χ3v) is 7.71. The molecule has 10 nitrogen and oxygen atoms in total. The van der Waals surface area contributed by atoms with E-state index in [0.29, 0.717) is 34.6 Å². The van der Waals surface area contributed by atoms with Gasteiger partial charge < -0.3 is 5.11 Å². The Balaban J connectivity index is 1.55. The Morgan fingerprint density at radius 3 is 2.52 bits per heavy atom. The molecular weight excluding hydrogens is 506 g/mol. The number of fused-ring (bicyclic) bond motifs is 1. The van der Waals surface area contributed by atoms with E-state index >= 15 is 0 Å². The minimum Gasteiger partial charge on any atom is -0.465 e. The molecule has 1 amide bonds. The third kappa shape index (κ3) is 5.07. The maximum atomic E-state index is 14.1. The van der Waals surface area contributed by atoms with Crippen LogP contribution < -0.4 is 0 Å². The summed E-state index contributed by atoms with van der Waals surface area (Å²) < 4.78 is 3.28. The van der Waals surface area contributed by atoms with Crippen molar-refractivity contribution in [3.63, 3.8) is 0 Å². The van der Waals surface area contributed by atoms with Crippen LogP contribution in [-0.2, 0) is 0 Å². The molecule has 1 aliphatic rings. The molecule has 0 saturated heterocycles. The number of nitrogens with zero attached hydrogens (tertiary/aromatic N) is 7. The maximum absolute atomic E-state index is 14.1. The van der Waals surface area contributed by atoms with E-state index in [0.717, 1.165) is 18.4 Å². The molecule has 2 atom stereocenters. The van der Waals surface area contributed by atoms with Crippen LogP contribution in [0.25, 0.3) is 22.3 Å². The van der Waals surface area contributed by atoms with E-state index < -0.39 is 23.6 Å². The van der Waals surface area contributed by atoms with Crippen LogP contribution in [0.1, 0.15) is 75.3 Å². The summed E-state index contributed by atoms with van der Waals surface area (Å²) in [5.74, 6) is -0.0133. The molecule has 3 heterocycles. The van der Waals surface area contributed by atoms with Crippen molar-refractivity contribution in [3.05, 3.63) is 66.9 Å². The molecule has 4 aromatic rings. The highest BCUT2D eigenvalue weighted by Gasteiger charge is 2.39. The number of carbonyl (C=O) groups is 2. The molecule has 0 aliphatic heterocycles. The topological polar surface area (TPSA) is 130 Å². The highest BCUT2D eigenvalue weighted by molar-refractivity contribution is 5.99. The Bertz CT molecular complexity index is 1560. The molecule has 0 radical (unpaired) electrons. The van der Waals surface area contributed by atoms with Crippen molar-refractivity contribution in [2.45, 2.75) is 70.5 Å². The zero-order chi connectivity index (χ0) is 28.4. The molecule has 1 N–H and O–H groups in total. The first-order valence-corrected chi connectivity index (χ1v) is 13.6. The van der Waals surface area contributed by atoms with Crippen molar-refractivity contribution in [2.75, 3.05) is 0 Å². The number of nitriles is 1. The van der Waals surface area contributed by atoms with Crippen LogP contribution in [0.2, 0.25) is 0 Å². The standard InChI is InChI=1S/C30H33N7O3/c1-30(2,3)37(29(39)40)26(21-11-5-4-6-12-21)28(38)35-16-14-23-25(32-19-33-27(23)35)22-17-34-36(18-22)24(13-15-31)20-9-7-8-10-20/h4-6,11-12,14,16-20,24,26H,7-10,13H2,1-3H3,(H,39,40)/t24-,26+/m1/s1. The van der Waals surface area contributed by atoms with Gasteiger partial charge in [-0.25, -0.2) is 14.8 Å². The van der Waals surface area contributed by atoms with E-state index in [1.54, 1.807) is 63.5 Å². The van der Waals surface area contributed by atoms with E-state index in [9.17, 15) is 20.0 Å². The Labute approximate surface area is 232 Å². The minimum atomic E-state index is -1.19. The molecule has 1 aliphatic carbocycles. The second kappa shape index (κ2) is 10.9. The lowest BCUT2D eigenvalue weighted by Crippen LogP contribution is -2.50. The van der Waals surface area contributed by atoms with Crippen LogP contribution in [0.3, 0.4) is 0 Å². The van der Waals surface area contributed by atoms with Crippen LogP contribution >= 0.6 is 0 Å². The van der Waals surface area contributed by atoms with E-state index in [1.165, 1.54) is 28.6 Å². The monoisotopic (exact) mass is 539 g/mol. The summed E-state index contributed by atoms with van der Waals surface area (Å²) in [5.41, 5.74) is 1.48. The van der Waals surface area contributed by atoms with Crippen LogP contribution in [0, 0.1) is 17.2 Å². The minimum absolute atomic E-state index is 0.00999. The molecule has 1 fully saturated rings. The molecule has 0 bridgehead atoms. The number of aromatic nitrogens is 5. The summed E-state index contributed by atoms with van der Waals surface area (Å²) in [6.07, 6.45) is 10.4. The molecule has 5 rings (SSSR count). The van der Waals surface area contributed by atoms with Crippen molar-refractivity contribution in [3.8, 4) is 17.3 Å². The first-order chi connectivity index (χ1) is 19.2. The van der Waals surface area contributed by atoms with Crippen LogP contribution in [0.4, 0.5) is 4.79 Å². The Kier molecular flexibility index (Phi) is 7.39. The van der Waals surface area contributed by atoms with Gasteiger partial charge in [0.2, 0.25) is 0 Å². The average molecular weight is 540 g/mol. The zero-order valence-corrected chi connectivity index (χ0v) is 22.9. The summed E-state index contributed by atoms with van der Waals surface area (Å²) in [6, 6.07) is 11.9. The third-order valence-electron chi connectivity index (χ3n) is 7.71. The van der Waals surface area contributed by atoms with Gasteiger partial charge in [-0.1, -0.05) is 43.2 Å². The number of carboxylic acid groups (broad SMARTS) is 1. The summed E-state index contributed by atoms with van der Waals surface area (Å²) in [4.78, 5) is 36.7. The summed E-state index contributed by atoms with van der Waals surface area (Å²) in [6.45, 7) is 5.30. The van der Waals surface area contributed by atoms with E-state index in [-0.39, 0.29) is 6.04 Å². The maximum Gasteiger partial charge on any atom is 0.408 e.